The number of hydrogen-bond acceptors (Lipinski definition) is 7. The molecule has 1 saturated heterocycles. The lowest BCUT2D eigenvalue weighted by atomic mass is 9.63. The van der Waals surface area contributed by atoms with Crippen LogP contribution in [0.3, 0.4) is 0 Å². The van der Waals surface area contributed by atoms with Crippen molar-refractivity contribution in [3.63, 3.8) is 0 Å². The summed E-state index contributed by atoms with van der Waals surface area (Å²) in [5.74, 6) is 0.751. The predicted octanol–water partition coefficient (Wildman–Crippen LogP) is 0.389. The van der Waals surface area contributed by atoms with E-state index < -0.39 is 43.4 Å². The lowest BCUT2D eigenvalue weighted by molar-refractivity contribution is -0.306. The largest absolute Gasteiger partial charge is 0.394 e. The molecule has 150 valence electrons. The van der Waals surface area contributed by atoms with Gasteiger partial charge in [-0.05, 0) is 24.2 Å². The first kappa shape index (κ1) is 21.5. The molecule has 2 rings (SSSR count). The molecular formula is C19H32O7. The lowest BCUT2D eigenvalue weighted by Gasteiger charge is -2.41. The molecule has 0 bridgehead atoms. The number of rotatable bonds is 5. The minimum atomic E-state index is -1.45. The van der Waals surface area contributed by atoms with Crippen LogP contribution in [0, 0.1) is 17.3 Å². The second-order valence-corrected chi connectivity index (χ2v) is 8.33. The Morgan fingerprint density at radius 1 is 1.27 bits per heavy atom. The van der Waals surface area contributed by atoms with Gasteiger partial charge in [-0.3, -0.25) is 4.79 Å². The van der Waals surface area contributed by atoms with Gasteiger partial charge < -0.3 is 29.9 Å². The minimum Gasteiger partial charge on any atom is -0.394 e. The van der Waals surface area contributed by atoms with Crippen LogP contribution in [-0.4, -0.2) is 69.6 Å². The average molecular weight is 372 g/mol. The normalized spacial score (nSPS) is 42.2. The van der Waals surface area contributed by atoms with Crippen molar-refractivity contribution in [2.75, 3.05) is 6.61 Å². The number of hydrogen-bond donors (Lipinski definition) is 4. The van der Waals surface area contributed by atoms with Gasteiger partial charge in [0.1, 0.15) is 30.2 Å². The van der Waals surface area contributed by atoms with Crippen molar-refractivity contribution >= 4 is 5.78 Å². The van der Waals surface area contributed by atoms with Crippen molar-refractivity contribution in [1.82, 2.24) is 0 Å². The summed E-state index contributed by atoms with van der Waals surface area (Å²) in [7, 11) is 0. The van der Waals surface area contributed by atoms with E-state index >= 15 is 0 Å². The first-order valence-electron chi connectivity index (χ1n) is 9.22. The quantitative estimate of drug-likeness (QED) is 0.516. The molecule has 1 aliphatic heterocycles. The van der Waals surface area contributed by atoms with Gasteiger partial charge in [-0.15, -0.1) is 0 Å². The fourth-order valence-corrected chi connectivity index (χ4v) is 4.12. The van der Waals surface area contributed by atoms with Crippen LogP contribution in [0.4, 0.5) is 0 Å². The molecule has 0 aromatic carbocycles. The van der Waals surface area contributed by atoms with Crippen LogP contribution in [0.1, 0.15) is 40.5 Å². The summed E-state index contributed by atoms with van der Waals surface area (Å²) < 4.78 is 11.0. The maximum Gasteiger partial charge on any atom is 0.187 e. The van der Waals surface area contributed by atoms with Gasteiger partial charge in [0.2, 0.25) is 0 Å². The minimum absolute atomic E-state index is 0.131. The van der Waals surface area contributed by atoms with Crippen LogP contribution < -0.4 is 0 Å². The smallest absolute Gasteiger partial charge is 0.187 e. The summed E-state index contributed by atoms with van der Waals surface area (Å²) in [4.78, 5) is 11.8. The summed E-state index contributed by atoms with van der Waals surface area (Å²) in [6, 6.07) is 0. The fraction of sp³-hybridized carbons (Fsp3) is 0.842. The number of ether oxygens (including phenoxy) is 2. The molecule has 4 N–H and O–H groups in total. The molecule has 2 fully saturated rings. The van der Waals surface area contributed by atoms with E-state index in [9.17, 15) is 25.2 Å². The molecule has 8 atom stereocenters. The van der Waals surface area contributed by atoms with Crippen LogP contribution in [-0.2, 0) is 14.3 Å². The summed E-state index contributed by atoms with van der Waals surface area (Å²) in [5, 5.41) is 38.9. The van der Waals surface area contributed by atoms with Gasteiger partial charge in [0.15, 0.2) is 6.29 Å². The van der Waals surface area contributed by atoms with E-state index in [1.807, 2.05) is 12.2 Å². The highest BCUT2D eigenvalue weighted by molar-refractivity contribution is 5.80. The fourth-order valence-electron chi connectivity index (χ4n) is 4.12. The molecular weight excluding hydrogens is 340 g/mol. The first-order valence-corrected chi connectivity index (χ1v) is 9.22. The molecule has 7 heteroatoms. The monoisotopic (exact) mass is 372 g/mol. The molecule has 0 spiro atoms. The zero-order chi connectivity index (χ0) is 19.6. The van der Waals surface area contributed by atoms with E-state index in [0.717, 1.165) is 0 Å². The van der Waals surface area contributed by atoms with Crippen molar-refractivity contribution in [2.24, 2.45) is 17.3 Å². The van der Waals surface area contributed by atoms with Crippen molar-refractivity contribution in [2.45, 2.75) is 77.3 Å². The maximum absolute atomic E-state index is 11.8. The highest BCUT2D eigenvalue weighted by Gasteiger charge is 2.44. The Morgan fingerprint density at radius 2 is 1.92 bits per heavy atom. The highest BCUT2D eigenvalue weighted by Crippen LogP contribution is 2.43. The number of allylic oxidation sites excluding steroid dienone is 1. The van der Waals surface area contributed by atoms with Crippen LogP contribution >= 0.6 is 0 Å². The molecule has 0 aromatic heterocycles. The van der Waals surface area contributed by atoms with Crippen molar-refractivity contribution in [3.05, 3.63) is 12.2 Å². The molecule has 7 nitrogen and oxygen atoms in total. The Hall–Kier alpha value is -0.830. The average Bonchev–Trinajstić information content (AvgIpc) is 2.53. The third kappa shape index (κ3) is 4.71. The van der Waals surface area contributed by atoms with Crippen LogP contribution in [0.15, 0.2) is 12.2 Å². The van der Waals surface area contributed by atoms with Gasteiger partial charge in [-0.25, -0.2) is 0 Å². The zero-order valence-electron chi connectivity index (χ0n) is 15.9. The van der Waals surface area contributed by atoms with Gasteiger partial charge >= 0.3 is 0 Å². The Balaban J connectivity index is 2.00. The van der Waals surface area contributed by atoms with Crippen molar-refractivity contribution in [1.29, 1.82) is 0 Å². The van der Waals surface area contributed by atoms with Gasteiger partial charge in [-0.2, -0.15) is 0 Å². The molecule has 1 saturated carbocycles. The number of Topliss-reactive ketones (excluding diaryl/α,β-unsaturated/α-hetero) is 1. The molecule has 26 heavy (non-hydrogen) atoms. The SMILES string of the molecule is C[C@H](/C=C/[C@H]1[C@H](C)CC(=O)CC1(C)C)O[C@@H]1O[C@H](CO)[C@@H](O)[C@H](O)[C@H]1O. The van der Waals surface area contributed by atoms with Gasteiger partial charge in [0, 0.05) is 12.8 Å². The van der Waals surface area contributed by atoms with E-state index in [0.29, 0.717) is 12.8 Å². The topological polar surface area (TPSA) is 116 Å². The van der Waals surface area contributed by atoms with E-state index in [-0.39, 0.29) is 23.0 Å². The summed E-state index contributed by atoms with van der Waals surface area (Å²) >= 11 is 0. The van der Waals surface area contributed by atoms with Gasteiger partial charge in [-0.1, -0.05) is 32.9 Å². The molecule has 1 heterocycles. The van der Waals surface area contributed by atoms with Gasteiger partial charge in [0.25, 0.3) is 0 Å². The lowest BCUT2D eigenvalue weighted by Crippen LogP contribution is -2.59. The molecule has 0 unspecified atom stereocenters. The first-order chi connectivity index (χ1) is 12.1. The third-order valence-electron chi connectivity index (χ3n) is 5.50. The second-order valence-electron chi connectivity index (χ2n) is 8.33. The zero-order valence-corrected chi connectivity index (χ0v) is 15.9. The maximum atomic E-state index is 11.8. The summed E-state index contributed by atoms with van der Waals surface area (Å²) in [5.41, 5.74) is -0.131. The Morgan fingerprint density at radius 3 is 2.50 bits per heavy atom. The predicted molar refractivity (Wildman–Crippen MR) is 94.1 cm³/mol. The van der Waals surface area contributed by atoms with E-state index in [1.54, 1.807) is 6.92 Å². The molecule has 0 aromatic rings. The number of carbonyl (C=O) groups excluding carboxylic acids is 1. The summed E-state index contributed by atoms with van der Waals surface area (Å²) in [6.07, 6.45) is -1.79. The number of aliphatic hydroxyl groups excluding tert-OH is 4. The Labute approximate surface area is 154 Å². The number of carbonyl (C=O) groups is 1. The number of ketones is 1. The molecule has 1 aliphatic carbocycles. The Kier molecular flexibility index (Phi) is 6.98. The van der Waals surface area contributed by atoms with E-state index in [2.05, 4.69) is 20.8 Å². The standard InChI is InChI=1S/C19H32O7/c1-10-7-12(21)8-19(3,4)13(10)6-5-11(2)25-18-17(24)16(23)15(22)14(9-20)26-18/h5-6,10-11,13-18,20,22-24H,7-9H2,1-4H3/b6-5+/t10-,11-,13+,14-,15-,16+,17-,18-/m1/s1. The van der Waals surface area contributed by atoms with Gasteiger partial charge in [0.05, 0.1) is 12.7 Å². The van der Waals surface area contributed by atoms with E-state index in [4.69, 9.17) is 9.47 Å². The molecule has 0 radical (unpaired) electrons. The molecule has 2 aliphatic rings. The third-order valence-corrected chi connectivity index (χ3v) is 5.50. The summed E-state index contributed by atoms with van der Waals surface area (Å²) in [6.45, 7) is 7.52. The Bertz CT molecular complexity index is 516. The van der Waals surface area contributed by atoms with Crippen molar-refractivity contribution in [3.8, 4) is 0 Å². The second kappa shape index (κ2) is 8.46. The van der Waals surface area contributed by atoms with Crippen LogP contribution in [0.2, 0.25) is 0 Å². The van der Waals surface area contributed by atoms with E-state index in [1.165, 1.54) is 0 Å². The highest BCUT2D eigenvalue weighted by atomic mass is 16.7. The van der Waals surface area contributed by atoms with Crippen LogP contribution in [0.25, 0.3) is 0 Å². The molecule has 0 amide bonds. The van der Waals surface area contributed by atoms with Crippen LogP contribution in [0.5, 0.6) is 0 Å². The van der Waals surface area contributed by atoms with Crippen molar-refractivity contribution < 1.29 is 34.7 Å². The number of aliphatic hydroxyl groups is 4.